The second-order valence-electron chi connectivity index (χ2n) is 5.58. The summed E-state index contributed by atoms with van der Waals surface area (Å²) in [5, 5.41) is 28.4. The minimum absolute atomic E-state index is 0.150. The molecule has 5 nitrogen and oxygen atoms in total. The molecule has 1 saturated heterocycles. The van der Waals surface area contributed by atoms with Crippen LogP contribution in [-0.2, 0) is 9.47 Å². The monoisotopic (exact) mass is 302 g/mol. The van der Waals surface area contributed by atoms with Gasteiger partial charge in [0, 0.05) is 6.61 Å². The number of rotatable bonds is 11. The molecule has 0 unspecified atom stereocenters. The first kappa shape index (κ1) is 18.6. The third-order valence-corrected chi connectivity index (χ3v) is 3.79. The summed E-state index contributed by atoms with van der Waals surface area (Å²) in [7, 11) is 0. The highest BCUT2D eigenvalue weighted by atomic mass is 16.6. The molecule has 0 saturated carbocycles. The van der Waals surface area contributed by atoms with Crippen molar-refractivity contribution in [1.29, 1.82) is 0 Å². The molecule has 0 radical (unpaired) electrons. The average molecular weight is 302 g/mol. The van der Waals surface area contributed by atoms with Crippen molar-refractivity contribution in [3.8, 4) is 0 Å². The summed E-state index contributed by atoms with van der Waals surface area (Å²) in [4.78, 5) is 0. The van der Waals surface area contributed by atoms with Crippen molar-refractivity contribution in [2.24, 2.45) is 0 Å². The molecule has 3 N–H and O–H groups in total. The Morgan fingerprint density at radius 3 is 2.67 bits per heavy atom. The van der Waals surface area contributed by atoms with Gasteiger partial charge in [-0.3, -0.25) is 0 Å². The van der Waals surface area contributed by atoms with E-state index in [9.17, 15) is 10.2 Å². The number of aliphatic hydroxyl groups is 3. The standard InChI is InChI=1S/C16H30O5/c1-2-3-4-5-6-7-8-9-10-20-16-14(19)12-21-15(16)13(18)11-17/h2-3,13-19H,4-12H2,1H3/b3-2+/t13-,14+,15-,16-/m1/s1. The highest BCUT2D eigenvalue weighted by Gasteiger charge is 2.40. The Morgan fingerprint density at radius 2 is 1.95 bits per heavy atom. The molecule has 1 heterocycles. The first-order valence-corrected chi connectivity index (χ1v) is 8.02. The third-order valence-electron chi connectivity index (χ3n) is 3.79. The van der Waals surface area contributed by atoms with E-state index in [0.717, 1.165) is 19.3 Å². The molecule has 0 aliphatic carbocycles. The number of allylic oxidation sites excluding steroid dienone is 2. The van der Waals surface area contributed by atoms with Gasteiger partial charge in [-0.25, -0.2) is 0 Å². The predicted octanol–water partition coefficient (Wildman–Crippen LogP) is 1.40. The topological polar surface area (TPSA) is 79.2 Å². The smallest absolute Gasteiger partial charge is 0.114 e. The number of ether oxygens (including phenoxy) is 2. The Kier molecular flexibility index (Phi) is 9.87. The maximum Gasteiger partial charge on any atom is 0.114 e. The van der Waals surface area contributed by atoms with Crippen LogP contribution in [0.3, 0.4) is 0 Å². The van der Waals surface area contributed by atoms with Crippen LogP contribution in [0.2, 0.25) is 0 Å². The van der Waals surface area contributed by atoms with E-state index in [1.807, 2.05) is 6.92 Å². The van der Waals surface area contributed by atoms with Crippen molar-refractivity contribution in [3.05, 3.63) is 12.2 Å². The Hall–Kier alpha value is -0.460. The lowest BCUT2D eigenvalue weighted by Crippen LogP contribution is -2.42. The molecule has 124 valence electrons. The van der Waals surface area contributed by atoms with E-state index in [1.165, 1.54) is 19.3 Å². The van der Waals surface area contributed by atoms with Gasteiger partial charge in [0.1, 0.15) is 24.4 Å². The molecule has 1 fully saturated rings. The van der Waals surface area contributed by atoms with Crippen LogP contribution in [0.15, 0.2) is 12.2 Å². The van der Waals surface area contributed by atoms with Crippen LogP contribution in [0, 0.1) is 0 Å². The van der Waals surface area contributed by atoms with Crippen molar-refractivity contribution in [2.45, 2.75) is 69.9 Å². The fraction of sp³-hybridized carbons (Fsp3) is 0.875. The van der Waals surface area contributed by atoms with Gasteiger partial charge in [-0.15, -0.1) is 0 Å². The zero-order chi connectivity index (χ0) is 15.5. The zero-order valence-electron chi connectivity index (χ0n) is 13.0. The van der Waals surface area contributed by atoms with E-state index in [-0.39, 0.29) is 13.2 Å². The lowest BCUT2D eigenvalue weighted by molar-refractivity contribution is -0.0938. The van der Waals surface area contributed by atoms with Crippen LogP contribution < -0.4 is 0 Å². The molecule has 0 bridgehead atoms. The quantitative estimate of drug-likeness (QED) is 0.397. The molecule has 4 atom stereocenters. The van der Waals surface area contributed by atoms with Crippen LogP contribution in [-0.4, -0.2) is 59.6 Å². The summed E-state index contributed by atoms with van der Waals surface area (Å²) < 4.78 is 10.9. The van der Waals surface area contributed by atoms with E-state index in [2.05, 4.69) is 12.2 Å². The van der Waals surface area contributed by atoms with Crippen LogP contribution in [0.1, 0.15) is 45.4 Å². The number of hydrogen-bond acceptors (Lipinski definition) is 5. The average Bonchev–Trinajstić information content (AvgIpc) is 2.86. The zero-order valence-corrected chi connectivity index (χ0v) is 13.0. The maximum absolute atomic E-state index is 9.78. The van der Waals surface area contributed by atoms with Crippen LogP contribution in [0.5, 0.6) is 0 Å². The molecule has 1 aliphatic heterocycles. The highest BCUT2D eigenvalue weighted by molar-refractivity contribution is 4.89. The molecular weight excluding hydrogens is 272 g/mol. The van der Waals surface area contributed by atoms with Crippen molar-refractivity contribution in [3.63, 3.8) is 0 Å². The molecule has 0 spiro atoms. The van der Waals surface area contributed by atoms with Crippen molar-refractivity contribution in [2.75, 3.05) is 19.8 Å². The summed E-state index contributed by atoms with van der Waals surface area (Å²) in [5.41, 5.74) is 0. The molecule has 1 aliphatic rings. The molecule has 5 heteroatoms. The second kappa shape index (κ2) is 11.2. The number of aliphatic hydroxyl groups excluding tert-OH is 3. The van der Waals surface area contributed by atoms with Gasteiger partial charge < -0.3 is 24.8 Å². The van der Waals surface area contributed by atoms with E-state index in [1.54, 1.807) is 0 Å². The Bertz CT molecular complexity index is 282. The predicted molar refractivity (Wildman–Crippen MR) is 81.1 cm³/mol. The Morgan fingerprint density at radius 1 is 1.24 bits per heavy atom. The van der Waals surface area contributed by atoms with Gasteiger partial charge in [0.2, 0.25) is 0 Å². The van der Waals surface area contributed by atoms with Gasteiger partial charge in [-0.2, -0.15) is 0 Å². The number of unbranched alkanes of at least 4 members (excludes halogenated alkanes) is 5. The SMILES string of the molecule is C/C=C/CCCCCCCO[C@H]1[C@@H]([C@H](O)CO)OC[C@@H]1O. The van der Waals surface area contributed by atoms with Crippen molar-refractivity contribution >= 4 is 0 Å². The third kappa shape index (κ3) is 6.89. The van der Waals surface area contributed by atoms with Gasteiger partial charge in [0.05, 0.1) is 13.2 Å². The highest BCUT2D eigenvalue weighted by Crippen LogP contribution is 2.21. The van der Waals surface area contributed by atoms with E-state index >= 15 is 0 Å². The van der Waals surface area contributed by atoms with Crippen LogP contribution in [0.25, 0.3) is 0 Å². The van der Waals surface area contributed by atoms with Crippen LogP contribution >= 0.6 is 0 Å². The second-order valence-corrected chi connectivity index (χ2v) is 5.58. The molecule has 0 aromatic carbocycles. The summed E-state index contributed by atoms with van der Waals surface area (Å²) in [6.45, 7) is 2.36. The number of hydrogen-bond donors (Lipinski definition) is 3. The fourth-order valence-corrected chi connectivity index (χ4v) is 2.54. The lowest BCUT2D eigenvalue weighted by Gasteiger charge is -2.23. The van der Waals surface area contributed by atoms with Crippen LogP contribution in [0.4, 0.5) is 0 Å². The summed E-state index contributed by atoms with van der Waals surface area (Å²) in [6, 6.07) is 0. The maximum atomic E-state index is 9.78. The minimum atomic E-state index is -1.00. The molecular formula is C16H30O5. The molecule has 1 rings (SSSR count). The Balaban J connectivity index is 2.08. The minimum Gasteiger partial charge on any atom is -0.394 e. The summed E-state index contributed by atoms with van der Waals surface area (Å²) >= 11 is 0. The van der Waals surface area contributed by atoms with E-state index in [0.29, 0.717) is 6.61 Å². The van der Waals surface area contributed by atoms with Gasteiger partial charge in [-0.1, -0.05) is 31.4 Å². The lowest BCUT2D eigenvalue weighted by atomic mass is 10.1. The normalized spacial score (nSPS) is 27.5. The first-order chi connectivity index (χ1) is 10.2. The fourth-order valence-electron chi connectivity index (χ4n) is 2.54. The Labute approximate surface area is 127 Å². The van der Waals surface area contributed by atoms with Gasteiger partial charge in [0.15, 0.2) is 0 Å². The van der Waals surface area contributed by atoms with Gasteiger partial charge >= 0.3 is 0 Å². The largest absolute Gasteiger partial charge is 0.394 e. The molecule has 0 aromatic heterocycles. The first-order valence-electron chi connectivity index (χ1n) is 8.02. The van der Waals surface area contributed by atoms with Crippen molar-refractivity contribution in [1.82, 2.24) is 0 Å². The molecule has 0 amide bonds. The molecule has 21 heavy (non-hydrogen) atoms. The van der Waals surface area contributed by atoms with Gasteiger partial charge in [0.25, 0.3) is 0 Å². The van der Waals surface area contributed by atoms with E-state index < -0.39 is 24.4 Å². The molecule has 0 aromatic rings. The summed E-state index contributed by atoms with van der Waals surface area (Å²) in [5.74, 6) is 0. The van der Waals surface area contributed by atoms with E-state index in [4.69, 9.17) is 14.6 Å². The van der Waals surface area contributed by atoms with Gasteiger partial charge in [-0.05, 0) is 26.2 Å². The summed E-state index contributed by atoms with van der Waals surface area (Å²) in [6.07, 6.45) is 8.21. The van der Waals surface area contributed by atoms with Crippen molar-refractivity contribution < 1.29 is 24.8 Å².